The number of halogens is 2. The molecule has 0 radical (unpaired) electrons. The predicted octanol–water partition coefficient (Wildman–Crippen LogP) is 1.82. The zero-order valence-corrected chi connectivity index (χ0v) is 7.61. The fourth-order valence-electron chi connectivity index (χ4n) is 1.47. The van der Waals surface area contributed by atoms with Crippen LogP contribution in [0.3, 0.4) is 0 Å². The van der Waals surface area contributed by atoms with Crippen LogP contribution in [0.25, 0.3) is 0 Å². The van der Waals surface area contributed by atoms with Crippen LogP contribution in [0.2, 0.25) is 0 Å². The average molecular weight is 210 g/mol. The van der Waals surface area contributed by atoms with Crippen LogP contribution >= 0.6 is 15.9 Å². The van der Waals surface area contributed by atoms with Crippen molar-refractivity contribution in [2.45, 2.75) is 18.9 Å². The first-order valence-electron chi connectivity index (χ1n) is 3.74. The van der Waals surface area contributed by atoms with Crippen molar-refractivity contribution in [3.8, 4) is 0 Å². The molecule has 0 aliphatic carbocycles. The topological polar surface area (TPSA) is 3.24 Å². The van der Waals surface area contributed by atoms with E-state index in [-0.39, 0.29) is 6.67 Å². The van der Waals surface area contributed by atoms with Gasteiger partial charge in [0.15, 0.2) is 0 Å². The second-order valence-corrected chi connectivity index (χ2v) is 3.32. The molecule has 1 atom stereocenters. The first-order valence-corrected chi connectivity index (χ1v) is 4.86. The van der Waals surface area contributed by atoms with Crippen LogP contribution in [0.5, 0.6) is 0 Å². The number of nitrogens with zero attached hydrogens (tertiary/aromatic N) is 1. The van der Waals surface area contributed by atoms with Gasteiger partial charge < -0.3 is 0 Å². The van der Waals surface area contributed by atoms with Gasteiger partial charge in [-0.15, -0.1) is 0 Å². The van der Waals surface area contributed by atoms with Gasteiger partial charge in [0.25, 0.3) is 0 Å². The largest absolute Gasteiger partial charge is 0.297 e. The van der Waals surface area contributed by atoms with Gasteiger partial charge in [0.2, 0.25) is 0 Å². The van der Waals surface area contributed by atoms with Crippen LogP contribution in [0.4, 0.5) is 4.39 Å². The number of rotatable bonds is 3. The summed E-state index contributed by atoms with van der Waals surface area (Å²) in [6, 6.07) is 0.593. The lowest BCUT2D eigenvalue weighted by atomic mass is 10.2. The van der Waals surface area contributed by atoms with E-state index in [1.165, 1.54) is 12.8 Å². The molecular formula is C7H13BrFN. The molecule has 1 nitrogen and oxygen atoms in total. The Morgan fingerprint density at radius 2 is 2.40 bits per heavy atom. The SMILES string of the molecule is FCCN1CCCC1CBr. The Morgan fingerprint density at radius 1 is 1.60 bits per heavy atom. The summed E-state index contributed by atoms with van der Waals surface area (Å²) in [5, 5.41) is 0.993. The van der Waals surface area contributed by atoms with Crippen molar-refractivity contribution in [3.63, 3.8) is 0 Å². The quantitative estimate of drug-likeness (QED) is 0.642. The minimum atomic E-state index is -0.205. The molecule has 1 rings (SSSR count). The molecule has 1 saturated heterocycles. The summed E-state index contributed by atoms with van der Waals surface area (Å²) < 4.78 is 11.9. The predicted molar refractivity (Wildman–Crippen MR) is 44.4 cm³/mol. The number of likely N-dealkylation sites (tertiary alicyclic amines) is 1. The fourth-order valence-corrected chi connectivity index (χ4v) is 2.21. The third kappa shape index (κ3) is 1.92. The molecule has 60 valence electrons. The molecule has 0 spiro atoms. The number of hydrogen-bond acceptors (Lipinski definition) is 1. The van der Waals surface area contributed by atoms with E-state index >= 15 is 0 Å². The monoisotopic (exact) mass is 209 g/mol. The molecule has 3 heteroatoms. The van der Waals surface area contributed by atoms with Crippen molar-refractivity contribution in [1.29, 1.82) is 0 Å². The molecule has 1 aliphatic rings. The van der Waals surface area contributed by atoms with Crippen molar-refractivity contribution in [3.05, 3.63) is 0 Å². The molecular weight excluding hydrogens is 197 g/mol. The molecule has 0 aromatic carbocycles. The van der Waals surface area contributed by atoms with E-state index in [9.17, 15) is 4.39 Å². The summed E-state index contributed by atoms with van der Waals surface area (Å²) >= 11 is 3.42. The minimum Gasteiger partial charge on any atom is -0.297 e. The van der Waals surface area contributed by atoms with Gasteiger partial charge in [-0.25, -0.2) is 4.39 Å². The lowest BCUT2D eigenvalue weighted by Gasteiger charge is -2.20. The van der Waals surface area contributed by atoms with Crippen LogP contribution in [0.1, 0.15) is 12.8 Å². The summed E-state index contributed by atoms with van der Waals surface area (Å²) in [4.78, 5) is 2.22. The molecule has 0 N–H and O–H groups in total. The van der Waals surface area contributed by atoms with Crippen LogP contribution in [-0.4, -0.2) is 36.0 Å². The highest BCUT2D eigenvalue weighted by atomic mass is 79.9. The molecule has 10 heavy (non-hydrogen) atoms. The highest BCUT2D eigenvalue weighted by molar-refractivity contribution is 9.09. The zero-order valence-electron chi connectivity index (χ0n) is 6.02. The molecule has 1 unspecified atom stereocenters. The van der Waals surface area contributed by atoms with E-state index in [1.54, 1.807) is 0 Å². The van der Waals surface area contributed by atoms with Crippen molar-refractivity contribution in [1.82, 2.24) is 4.90 Å². The van der Waals surface area contributed by atoms with Crippen molar-refractivity contribution >= 4 is 15.9 Å². The Balaban J connectivity index is 2.27. The Hall–Kier alpha value is 0.370. The molecule has 0 amide bonds. The van der Waals surface area contributed by atoms with Gasteiger partial charge in [-0.1, -0.05) is 15.9 Å². The average Bonchev–Trinajstić information content (AvgIpc) is 2.36. The highest BCUT2D eigenvalue weighted by Gasteiger charge is 2.22. The molecule has 1 fully saturated rings. The second kappa shape index (κ2) is 4.29. The number of hydrogen-bond donors (Lipinski definition) is 0. The second-order valence-electron chi connectivity index (χ2n) is 2.68. The first-order chi connectivity index (χ1) is 4.88. The van der Waals surface area contributed by atoms with E-state index in [0.717, 1.165) is 11.9 Å². The highest BCUT2D eigenvalue weighted by Crippen LogP contribution is 2.17. The van der Waals surface area contributed by atoms with E-state index in [1.807, 2.05) is 0 Å². The van der Waals surface area contributed by atoms with E-state index < -0.39 is 0 Å². The van der Waals surface area contributed by atoms with Crippen molar-refractivity contribution in [2.24, 2.45) is 0 Å². The van der Waals surface area contributed by atoms with Gasteiger partial charge >= 0.3 is 0 Å². The van der Waals surface area contributed by atoms with Gasteiger partial charge in [-0.2, -0.15) is 0 Å². The molecule has 0 aromatic heterocycles. The Kier molecular flexibility index (Phi) is 3.63. The Labute approximate surface area is 69.7 Å². The Bertz CT molecular complexity index is 99.6. The summed E-state index contributed by atoms with van der Waals surface area (Å²) in [5.41, 5.74) is 0. The van der Waals surface area contributed by atoms with Gasteiger partial charge in [0.1, 0.15) is 6.67 Å². The summed E-state index contributed by atoms with van der Waals surface area (Å²) in [6.45, 7) is 1.50. The van der Waals surface area contributed by atoms with Crippen LogP contribution < -0.4 is 0 Å². The van der Waals surface area contributed by atoms with Crippen molar-refractivity contribution in [2.75, 3.05) is 25.1 Å². The number of alkyl halides is 2. The molecule has 0 aromatic rings. The van der Waals surface area contributed by atoms with Crippen molar-refractivity contribution < 1.29 is 4.39 Å². The molecule has 0 bridgehead atoms. The van der Waals surface area contributed by atoms with E-state index in [2.05, 4.69) is 20.8 Å². The molecule has 1 heterocycles. The third-order valence-corrected chi connectivity index (χ3v) is 2.80. The van der Waals surface area contributed by atoms with Gasteiger partial charge in [0, 0.05) is 17.9 Å². The maximum absolute atomic E-state index is 11.9. The Morgan fingerprint density at radius 3 is 3.00 bits per heavy atom. The maximum Gasteiger partial charge on any atom is 0.102 e. The standard InChI is InChI=1S/C7H13BrFN/c8-6-7-2-1-4-10(7)5-3-9/h7H,1-6H2. The fraction of sp³-hybridized carbons (Fsp3) is 1.00. The van der Waals surface area contributed by atoms with Crippen LogP contribution in [0.15, 0.2) is 0 Å². The maximum atomic E-state index is 11.9. The van der Waals surface area contributed by atoms with Crippen LogP contribution in [0, 0.1) is 0 Å². The summed E-state index contributed by atoms with van der Waals surface area (Å²) in [5.74, 6) is 0. The van der Waals surface area contributed by atoms with Gasteiger partial charge in [-0.3, -0.25) is 4.90 Å². The summed E-state index contributed by atoms with van der Waals surface area (Å²) in [6.07, 6.45) is 2.46. The lowest BCUT2D eigenvalue weighted by molar-refractivity contribution is 0.247. The molecule has 1 aliphatic heterocycles. The first kappa shape index (κ1) is 8.47. The van der Waals surface area contributed by atoms with Gasteiger partial charge in [-0.05, 0) is 19.4 Å². The van der Waals surface area contributed by atoms with E-state index in [4.69, 9.17) is 0 Å². The smallest absolute Gasteiger partial charge is 0.102 e. The minimum absolute atomic E-state index is 0.205. The zero-order chi connectivity index (χ0) is 7.40. The lowest BCUT2D eigenvalue weighted by Crippen LogP contribution is -2.32. The summed E-state index contributed by atoms with van der Waals surface area (Å²) in [7, 11) is 0. The third-order valence-electron chi connectivity index (χ3n) is 2.05. The van der Waals surface area contributed by atoms with Gasteiger partial charge in [0.05, 0.1) is 0 Å². The van der Waals surface area contributed by atoms with E-state index in [0.29, 0.717) is 12.6 Å². The molecule has 0 saturated carbocycles. The van der Waals surface area contributed by atoms with Crippen LogP contribution in [-0.2, 0) is 0 Å². The normalized spacial score (nSPS) is 27.6.